The molecule has 5 nitrogen and oxygen atoms in total. The molecule has 0 fully saturated rings. The molecule has 0 spiro atoms. The van der Waals surface area contributed by atoms with Gasteiger partial charge in [-0.1, -0.05) is 6.07 Å². The van der Waals surface area contributed by atoms with Gasteiger partial charge < -0.3 is 4.74 Å². The van der Waals surface area contributed by atoms with E-state index in [1.54, 1.807) is 19.1 Å². The predicted molar refractivity (Wildman–Crippen MR) is 69.2 cm³/mol. The van der Waals surface area contributed by atoms with Crippen molar-refractivity contribution in [2.45, 2.75) is 13.3 Å². The van der Waals surface area contributed by atoms with Gasteiger partial charge in [0.15, 0.2) is 0 Å². The molecule has 1 aromatic carbocycles. The van der Waals surface area contributed by atoms with E-state index in [4.69, 9.17) is 10.00 Å². The van der Waals surface area contributed by atoms with Gasteiger partial charge in [0, 0.05) is 0 Å². The summed E-state index contributed by atoms with van der Waals surface area (Å²) in [6.07, 6.45) is -1.86. The summed E-state index contributed by atoms with van der Waals surface area (Å²) in [7, 11) is 0. The van der Waals surface area contributed by atoms with Crippen molar-refractivity contribution in [1.29, 1.82) is 5.26 Å². The summed E-state index contributed by atoms with van der Waals surface area (Å²) in [5, 5.41) is 12.7. The number of alkyl halides is 2. The van der Waals surface area contributed by atoms with Gasteiger partial charge in [0.05, 0.1) is 30.1 Å². The Morgan fingerprint density at radius 2 is 2.29 bits per heavy atom. The number of benzene rings is 1. The Balaban J connectivity index is 2.54. The molecule has 1 heterocycles. The van der Waals surface area contributed by atoms with E-state index in [9.17, 15) is 13.6 Å². The molecule has 0 saturated heterocycles. The van der Waals surface area contributed by atoms with E-state index < -0.39 is 18.1 Å². The van der Waals surface area contributed by atoms with Crippen LogP contribution >= 0.6 is 0 Å². The van der Waals surface area contributed by atoms with Crippen LogP contribution in [0.5, 0.6) is 0 Å². The maximum absolute atomic E-state index is 13.3. The average molecular weight is 291 g/mol. The van der Waals surface area contributed by atoms with Gasteiger partial charge in [-0.3, -0.25) is 0 Å². The molecule has 0 amide bonds. The second-order valence-electron chi connectivity index (χ2n) is 4.04. The zero-order chi connectivity index (χ0) is 15.4. The van der Waals surface area contributed by atoms with Gasteiger partial charge in [-0.25, -0.2) is 18.3 Å². The molecule has 0 unspecified atom stereocenters. The van der Waals surface area contributed by atoms with Crippen molar-refractivity contribution in [2.75, 3.05) is 6.61 Å². The second-order valence-corrected chi connectivity index (χ2v) is 4.04. The van der Waals surface area contributed by atoms with E-state index in [2.05, 4.69) is 5.10 Å². The molecule has 7 heteroatoms. The number of nitriles is 1. The zero-order valence-corrected chi connectivity index (χ0v) is 11.1. The lowest BCUT2D eigenvalue weighted by atomic mass is 10.2. The number of aromatic nitrogens is 2. The Kier molecular flexibility index (Phi) is 4.28. The summed E-state index contributed by atoms with van der Waals surface area (Å²) in [6, 6.07) is 7.94. The fourth-order valence-corrected chi connectivity index (χ4v) is 1.85. The largest absolute Gasteiger partial charge is 0.462 e. The maximum atomic E-state index is 13.3. The number of hydrogen-bond donors (Lipinski definition) is 0. The van der Waals surface area contributed by atoms with Crippen LogP contribution < -0.4 is 0 Å². The molecular weight excluding hydrogens is 280 g/mol. The van der Waals surface area contributed by atoms with Gasteiger partial charge in [-0.2, -0.15) is 10.4 Å². The molecule has 0 atom stereocenters. The first-order chi connectivity index (χ1) is 10.1. The first kappa shape index (κ1) is 14.7. The highest BCUT2D eigenvalue weighted by Crippen LogP contribution is 2.26. The fraction of sp³-hybridized carbons (Fsp3) is 0.214. The standard InChI is InChI=1S/C14H11F2N3O2/c1-2-21-14(20)11-8-18-19(12(11)13(15)16)10-5-3-4-9(6-10)7-17/h3-6,8,13H,2H2,1H3. The van der Waals surface area contributed by atoms with Crippen LogP contribution in [0.3, 0.4) is 0 Å². The van der Waals surface area contributed by atoms with Crippen molar-refractivity contribution >= 4 is 5.97 Å². The summed E-state index contributed by atoms with van der Waals surface area (Å²) in [5.41, 5.74) is -0.251. The Morgan fingerprint density at radius 1 is 1.52 bits per heavy atom. The molecule has 108 valence electrons. The third-order valence-electron chi connectivity index (χ3n) is 2.73. The Hall–Kier alpha value is -2.75. The third-order valence-corrected chi connectivity index (χ3v) is 2.73. The quantitative estimate of drug-likeness (QED) is 0.812. The number of esters is 1. The minimum absolute atomic E-state index is 0.0800. The Morgan fingerprint density at radius 3 is 2.90 bits per heavy atom. The van der Waals surface area contributed by atoms with Crippen molar-refractivity contribution in [1.82, 2.24) is 9.78 Å². The SMILES string of the molecule is CCOC(=O)c1cnn(-c2cccc(C#N)c2)c1C(F)F. The normalized spacial score (nSPS) is 10.4. The summed E-state index contributed by atoms with van der Waals surface area (Å²) >= 11 is 0. The number of rotatable bonds is 4. The maximum Gasteiger partial charge on any atom is 0.341 e. The van der Waals surface area contributed by atoms with Gasteiger partial charge in [-0.15, -0.1) is 0 Å². The average Bonchev–Trinajstić information content (AvgIpc) is 2.92. The second kappa shape index (κ2) is 6.13. The summed E-state index contributed by atoms with van der Waals surface area (Å²) in [6.45, 7) is 1.66. The van der Waals surface area contributed by atoms with Gasteiger partial charge >= 0.3 is 5.97 Å². The Bertz CT molecular complexity index is 704. The van der Waals surface area contributed by atoms with Crippen molar-refractivity contribution < 1.29 is 18.3 Å². The van der Waals surface area contributed by atoms with Crippen molar-refractivity contribution in [3.63, 3.8) is 0 Å². The smallest absolute Gasteiger partial charge is 0.341 e. The number of hydrogen-bond acceptors (Lipinski definition) is 4. The molecule has 0 saturated carbocycles. The van der Waals surface area contributed by atoms with E-state index in [0.29, 0.717) is 5.56 Å². The van der Waals surface area contributed by atoms with Crippen LogP contribution in [0.4, 0.5) is 8.78 Å². The minimum atomic E-state index is -2.90. The molecule has 0 bridgehead atoms. The molecule has 2 aromatic rings. The molecular formula is C14H11F2N3O2. The molecule has 0 radical (unpaired) electrons. The Labute approximate surface area is 119 Å². The monoisotopic (exact) mass is 291 g/mol. The van der Waals surface area contributed by atoms with Crippen LogP contribution in [0.15, 0.2) is 30.5 Å². The molecule has 2 rings (SSSR count). The highest BCUT2D eigenvalue weighted by molar-refractivity contribution is 5.90. The lowest BCUT2D eigenvalue weighted by molar-refractivity contribution is 0.0514. The van der Waals surface area contributed by atoms with Crippen LogP contribution in [-0.2, 0) is 4.74 Å². The molecule has 0 N–H and O–H groups in total. The highest BCUT2D eigenvalue weighted by Gasteiger charge is 2.26. The van der Waals surface area contributed by atoms with Crippen LogP contribution in [0, 0.1) is 11.3 Å². The van der Waals surface area contributed by atoms with Gasteiger partial charge in [-0.05, 0) is 25.1 Å². The van der Waals surface area contributed by atoms with E-state index in [0.717, 1.165) is 10.9 Å². The molecule has 0 aliphatic heterocycles. The van der Waals surface area contributed by atoms with Gasteiger partial charge in [0.1, 0.15) is 11.3 Å². The number of halogens is 2. The summed E-state index contributed by atoms with van der Waals surface area (Å²) in [4.78, 5) is 11.7. The third kappa shape index (κ3) is 2.89. The zero-order valence-electron chi connectivity index (χ0n) is 11.1. The topological polar surface area (TPSA) is 67.9 Å². The van der Waals surface area contributed by atoms with Gasteiger partial charge in [0.2, 0.25) is 0 Å². The van der Waals surface area contributed by atoms with E-state index >= 15 is 0 Å². The highest BCUT2D eigenvalue weighted by atomic mass is 19.3. The van der Waals surface area contributed by atoms with Crippen molar-refractivity contribution in [2.24, 2.45) is 0 Å². The number of carbonyl (C=O) groups excluding carboxylic acids is 1. The summed E-state index contributed by atoms with van der Waals surface area (Å²) in [5.74, 6) is -0.851. The number of nitrogens with zero attached hydrogens (tertiary/aromatic N) is 3. The molecule has 0 aliphatic rings. The predicted octanol–water partition coefficient (Wildman–Crippen LogP) is 2.86. The van der Waals surface area contributed by atoms with E-state index in [1.165, 1.54) is 12.1 Å². The van der Waals surface area contributed by atoms with Gasteiger partial charge in [0.25, 0.3) is 6.43 Å². The summed E-state index contributed by atoms with van der Waals surface area (Å²) < 4.78 is 32.2. The molecule has 0 aliphatic carbocycles. The lowest BCUT2D eigenvalue weighted by Crippen LogP contribution is -2.10. The lowest BCUT2D eigenvalue weighted by Gasteiger charge is -2.08. The molecule has 1 aromatic heterocycles. The van der Waals surface area contributed by atoms with Crippen LogP contribution in [0.1, 0.15) is 35.0 Å². The number of ether oxygens (including phenoxy) is 1. The van der Waals surface area contributed by atoms with E-state index in [-0.39, 0.29) is 17.9 Å². The first-order valence-electron chi connectivity index (χ1n) is 6.12. The minimum Gasteiger partial charge on any atom is -0.462 e. The van der Waals surface area contributed by atoms with Crippen LogP contribution in [0.2, 0.25) is 0 Å². The van der Waals surface area contributed by atoms with Crippen molar-refractivity contribution in [3.8, 4) is 11.8 Å². The first-order valence-corrected chi connectivity index (χ1v) is 6.12. The number of carbonyl (C=O) groups is 1. The molecule has 21 heavy (non-hydrogen) atoms. The van der Waals surface area contributed by atoms with E-state index in [1.807, 2.05) is 6.07 Å². The fourth-order valence-electron chi connectivity index (χ4n) is 1.85. The van der Waals surface area contributed by atoms with Crippen molar-refractivity contribution in [3.05, 3.63) is 47.3 Å². The van der Waals surface area contributed by atoms with Crippen LogP contribution in [0.25, 0.3) is 5.69 Å². The van der Waals surface area contributed by atoms with Crippen LogP contribution in [-0.4, -0.2) is 22.4 Å².